The van der Waals surface area contributed by atoms with Crippen LogP contribution in [0.5, 0.6) is 0 Å². The number of anilines is 1. The Balaban J connectivity index is 1.66. The number of nitrogens with one attached hydrogen (secondary N) is 1. The second-order valence-corrected chi connectivity index (χ2v) is 6.47. The zero-order valence-corrected chi connectivity index (χ0v) is 14.6. The first kappa shape index (κ1) is 17.7. The van der Waals surface area contributed by atoms with Crippen molar-refractivity contribution in [3.63, 3.8) is 0 Å². The number of aromatic nitrogens is 1. The molecule has 3 rings (SSSR count). The van der Waals surface area contributed by atoms with Gasteiger partial charge in [0.15, 0.2) is 0 Å². The summed E-state index contributed by atoms with van der Waals surface area (Å²) in [4.78, 5) is 18.4. The van der Waals surface area contributed by atoms with Gasteiger partial charge in [0.1, 0.15) is 17.2 Å². The van der Waals surface area contributed by atoms with Gasteiger partial charge in [0, 0.05) is 19.3 Å². The SMILES string of the molecule is CC(O)(CNc1ncc(C(=O)N2CCOCC2)cc1Cl)c1ccco1. The molecule has 1 saturated heterocycles. The second-order valence-electron chi connectivity index (χ2n) is 6.06. The van der Waals surface area contributed by atoms with Crippen molar-refractivity contribution in [2.24, 2.45) is 0 Å². The molecule has 8 heteroatoms. The molecule has 3 heterocycles. The molecular weight excluding hydrogens is 346 g/mol. The molecule has 0 saturated carbocycles. The molecule has 134 valence electrons. The Kier molecular flexibility index (Phi) is 5.27. The molecule has 25 heavy (non-hydrogen) atoms. The standard InChI is InChI=1S/C17H20ClN3O4/c1-17(23,14-3-2-6-25-14)11-20-15-13(18)9-12(10-19-15)16(22)21-4-7-24-8-5-21/h2-3,6,9-10,23H,4-5,7-8,11H2,1H3,(H,19,20). The first-order chi connectivity index (χ1) is 12.0. The monoisotopic (exact) mass is 365 g/mol. The predicted octanol–water partition coefficient (Wildman–Crippen LogP) is 2.12. The van der Waals surface area contributed by atoms with Gasteiger partial charge < -0.3 is 24.5 Å². The van der Waals surface area contributed by atoms with E-state index in [1.807, 2.05) is 0 Å². The van der Waals surface area contributed by atoms with Crippen LogP contribution in [0.25, 0.3) is 0 Å². The van der Waals surface area contributed by atoms with Crippen LogP contribution in [0.1, 0.15) is 23.0 Å². The van der Waals surface area contributed by atoms with E-state index < -0.39 is 5.60 Å². The summed E-state index contributed by atoms with van der Waals surface area (Å²) in [5.41, 5.74) is -0.785. The summed E-state index contributed by atoms with van der Waals surface area (Å²) in [6.45, 7) is 3.97. The van der Waals surface area contributed by atoms with Crippen LogP contribution in [-0.2, 0) is 10.3 Å². The fourth-order valence-corrected chi connectivity index (χ4v) is 2.80. The van der Waals surface area contributed by atoms with Crippen molar-refractivity contribution in [2.75, 3.05) is 38.2 Å². The van der Waals surface area contributed by atoms with Crippen LogP contribution in [0, 0.1) is 0 Å². The third-order valence-electron chi connectivity index (χ3n) is 4.04. The molecule has 0 spiro atoms. The van der Waals surface area contributed by atoms with E-state index in [-0.39, 0.29) is 12.5 Å². The van der Waals surface area contributed by atoms with Crippen molar-refractivity contribution in [1.29, 1.82) is 0 Å². The van der Waals surface area contributed by atoms with Crippen LogP contribution in [0.4, 0.5) is 5.82 Å². The topological polar surface area (TPSA) is 87.8 Å². The predicted molar refractivity (Wildman–Crippen MR) is 92.7 cm³/mol. The molecule has 2 aromatic rings. The number of ether oxygens (including phenoxy) is 1. The number of morpholine rings is 1. The highest BCUT2D eigenvalue weighted by Crippen LogP contribution is 2.25. The maximum Gasteiger partial charge on any atom is 0.255 e. The second kappa shape index (κ2) is 7.43. The maximum absolute atomic E-state index is 12.4. The molecule has 1 atom stereocenters. The number of pyridine rings is 1. The number of hydrogen-bond donors (Lipinski definition) is 2. The molecule has 0 radical (unpaired) electrons. The highest BCUT2D eigenvalue weighted by molar-refractivity contribution is 6.33. The van der Waals surface area contributed by atoms with E-state index in [9.17, 15) is 9.90 Å². The third-order valence-corrected chi connectivity index (χ3v) is 4.33. The molecule has 2 N–H and O–H groups in total. The van der Waals surface area contributed by atoms with Gasteiger partial charge in [0.05, 0.1) is 36.6 Å². The van der Waals surface area contributed by atoms with Gasteiger partial charge in [-0.1, -0.05) is 11.6 Å². The highest BCUT2D eigenvalue weighted by atomic mass is 35.5. The van der Waals surface area contributed by atoms with E-state index in [1.165, 1.54) is 12.5 Å². The molecular formula is C17H20ClN3O4. The number of carbonyl (C=O) groups is 1. The average Bonchev–Trinajstić information content (AvgIpc) is 3.16. The molecule has 1 unspecified atom stereocenters. The van der Waals surface area contributed by atoms with E-state index in [4.69, 9.17) is 20.8 Å². The van der Waals surface area contributed by atoms with Crippen molar-refractivity contribution in [3.05, 3.63) is 47.0 Å². The quantitative estimate of drug-likeness (QED) is 0.843. The molecule has 7 nitrogen and oxygen atoms in total. The van der Waals surface area contributed by atoms with Gasteiger partial charge in [0.25, 0.3) is 5.91 Å². The lowest BCUT2D eigenvalue weighted by Crippen LogP contribution is -2.40. The van der Waals surface area contributed by atoms with E-state index in [2.05, 4.69) is 10.3 Å². The van der Waals surface area contributed by atoms with Crippen molar-refractivity contribution < 1.29 is 19.1 Å². The normalized spacial score (nSPS) is 17.2. The largest absolute Gasteiger partial charge is 0.466 e. The van der Waals surface area contributed by atoms with Crippen LogP contribution < -0.4 is 5.32 Å². The lowest BCUT2D eigenvalue weighted by atomic mass is 10.0. The summed E-state index contributed by atoms with van der Waals surface area (Å²) in [7, 11) is 0. The fourth-order valence-electron chi connectivity index (χ4n) is 2.56. The number of furan rings is 1. The van der Waals surface area contributed by atoms with Gasteiger partial charge in [-0.2, -0.15) is 0 Å². The third kappa shape index (κ3) is 4.12. The Morgan fingerprint density at radius 2 is 2.24 bits per heavy atom. The summed E-state index contributed by atoms with van der Waals surface area (Å²) >= 11 is 6.24. The van der Waals surface area contributed by atoms with Gasteiger partial charge >= 0.3 is 0 Å². The summed E-state index contributed by atoms with van der Waals surface area (Å²) in [6.07, 6.45) is 2.98. The molecule has 0 bridgehead atoms. The fraction of sp³-hybridized carbons (Fsp3) is 0.412. The minimum absolute atomic E-state index is 0.119. The first-order valence-electron chi connectivity index (χ1n) is 8.00. The van der Waals surface area contributed by atoms with Crippen molar-refractivity contribution in [1.82, 2.24) is 9.88 Å². The number of carbonyl (C=O) groups excluding carboxylic acids is 1. The summed E-state index contributed by atoms with van der Waals surface area (Å²) in [6, 6.07) is 4.98. The average molecular weight is 366 g/mol. The zero-order chi connectivity index (χ0) is 17.9. The van der Waals surface area contributed by atoms with Gasteiger partial charge in [-0.05, 0) is 25.1 Å². The Labute approximate surface area is 150 Å². The van der Waals surface area contributed by atoms with Crippen molar-refractivity contribution in [2.45, 2.75) is 12.5 Å². The molecule has 0 aliphatic carbocycles. The van der Waals surface area contributed by atoms with Crippen LogP contribution in [-0.4, -0.2) is 53.7 Å². The van der Waals surface area contributed by atoms with Crippen LogP contribution in [0.3, 0.4) is 0 Å². The number of nitrogens with zero attached hydrogens (tertiary/aromatic N) is 2. The number of halogens is 1. The lowest BCUT2D eigenvalue weighted by Gasteiger charge is -2.27. The van der Waals surface area contributed by atoms with E-state index >= 15 is 0 Å². The number of amides is 1. The number of aliphatic hydroxyl groups is 1. The Morgan fingerprint density at radius 3 is 2.88 bits per heavy atom. The van der Waals surface area contributed by atoms with Crippen LogP contribution >= 0.6 is 11.6 Å². The molecule has 1 aliphatic rings. The minimum atomic E-state index is -1.21. The summed E-state index contributed by atoms with van der Waals surface area (Å²) in [5.74, 6) is 0.717. The summed E-state index contributed by atoms with van der Waals surface area (Å²) in [5, 5.41) is 13.7. The van der Waals surface area contributed by atoms with Crippen molar-refractivity contribution >= 4 is 23.3 Å². The molecule has 1 aliphatic heterocycles. The van der Waals surface area contributed by atoms with Gasteiger partial charge in [-0.3, -0.25) is 4.79 Å². The van der Waals surface area contributed by atoms with Crippen molar-refractivity contribution in [3.8, 4) is 0 Å². The minimum Gasteiger partial charge on any atom is -0.466 e. The van der Waals surface area contributed by atoms with Gasteiger partial charge in [0.2, 0.25) is 0 Å². The first-order valence-corrected chi connectivity index (χ1v) is 8.38. The zero-order valence-electron chi connectivity index (χ0n) is 13.9. The highest BCUT2D eigenvalue weighted by Gasteiger charge is 2.26. The van der Waals surface area contributed by atoms with E-state index in [0.29, 0.717) is 48.5 Å². The number of rotatable bonds is 5. The van der Waals surface area contributed by atoms with Gasteiger partial charge in [-0.25, -0.2) is 4.98 Å². The molecule has 2 aromatic heterocycles. The number of hydrogen-bond acceptors (Lipinski definition) is 6. The molecule has 1 fully saturated rings. The smallest absolute Gasteiger partial charge is 0.255 e. The maximum atomic E-state index is 12.4. The Bertz CT molecular complexity index is 727. The lowest BCUT2D eigenvalue weighted by molar-refractivity contribution is 0.0302. The summed E-state index contributed by atoms with van der Waals surface area (Å²) < 4.78 is 10.5. The van der Waals surface area contributed by atoms with Crippen LogP contribution in [0.2, 0.25) is 5.02 Å². The molecule has 0 aromatic carbocycles. The Hall–Kier alpha value is -2.09. The van der Waals surface area contributed by atoms with Crippen LogP contribution in [0.15, 0.2) is 35.1 Å². The van der Waals surface area contributed by atoms with E-state index in [0.717, 1.165) is 0 Å². The molecule has 1 amide bonds. The Morgan fingerprint density at radius 1 is 1.48 bits per heavy atom. The van der Waals surface area contributed by atoms with E-state index in [1.54, 1.807) is 30.0 Å². The van der Waals surface area contributed by atoms with Gasteiger partial charge in [-0.15, -0.1) is 0 Å².